The van der Waals surface area contributed by atoms with E-state index in [-0.39, 0.29) is 16.7 Å². The van der Waals surface area contributed by atoms with Gasteiger partial charge in [0.25, 0.3) is 0 Å². The molecule has 0 amide bonds. The summed E-state index contributed by atoms with van der Waals surface area (Å²) in [7, 11) is 0. The summed E-state index contributed by atoms with van der Waals surface area (Å²) in [5.41, 5.74) is 1.43. The van der Waals surface area contributed by atoms with Crippen LogP contribution in [0.4, 0.5) is 0 Å². The zero-order valence-electron chi connectivity index (χ0n) is 7.40. The van der Waals surface area contributed by atoms with Crippen LogP contribution in [0.25, 0.3) is 0 Å². The third kappa shape index (κ3) is 2.85. The fourth-order valence-corrected chi connectivity index (χ4v) is 1.67. The number of carbonyl (C=O) groups excluding carboxylic acids is 1. The first-order chi connectivity index (χ1) is 4.49. The van der Waals surface area contributed by atoms with Crippen molar-refractivity contribution in [2.75, 3.05) is 0 Å². The Bertz CT molecular complexity index is 190. The Hall–Kier alpha value is -0.630. The van der Waals surface area contributed by atoms with Gasteiger partial charge in [-0.1, -0.05) is 19.4 Å². The van der Waals surface area contributed by atoms with E-state index in [2.05, 4.69) is 13.8 Å². The number of carbonyl (C=O) groups is 1. The third-order valence-corrected chi connectivity index (χ3v) is 1.82. The predicted molar refractivity (Wildman–Crippen MR) is 45.4 cm³/mol. The van der Waals surface area contributed by atoms with Crippen molar-refractivity contribution in [2.24, 2.45) is 5.41 Å². The molecule has 1 aliphatic rings. The summed E-state index contributed by atoms with van der Waals surface area (Å²) in [6.07, 6.45) is 3.55. The van der Waals surface area contributed by atoms with Crippen LogP contribution >= 0.6 is 0 Å². The Morgan fingerprint density at radius 2 is 1.91 bits per heavy atom. The number of allylic oxidation sites excluding steroid dienone is 2. The Balaban J connectivity index is 0.000001000. The molecule has 2 N–H and O–H groups in total. The quantitative estimate of drug-likeness (QED) is 0.524. The lowest BCUT2D eigenvalue weighted by atomic mass is 9.77. The highest BCUT2D eigenvalue weighted by molar-refractivity contribution is 5.91. The average Bonchev–Trinajstić information content (AvgIpc) is 1.54. The topological polar surface area (TPSA) is 48.6 Å². The Morgan fingerprint density at radius 3 is 2.27 bits per heavy atom. The lowest BCUT2D eigenvalue weighted by molar-refractivity contribution is -0.117. The summed E-state index contributed by atoms with van der Waals surface area (Å²) in [5.74, 6) is 0.286. The molecule has 1 rings (SSSR count). The molecular weight excluding hydrogens is 140 g/mol. The first kappa shape index (κ1) is 10.4. The smallest absolute Gasteiger partial charge is 0.156 e. The molecule has 0 saturated carbocycles. The van der Waals surface area contributed by atoms with E-state index in [1.165, 1.54) is 5.57 Å². The average molecular weight is 156 g/mol. The summed E-state index contributed by atoms with van der Waals surface area (Å²) in [6, 6.07) is 0. The van der Waals surface area contributed by atoms with Crippen molar-refractivity contribution in [2.45, 2.75) is 33.6 Å². The van der Waals surface area contributed by atoms with Crippen LogP contribution in [0, 0.1) is 5.41 Å². The molecule has 0 aromatic heterocycles. The molecule has 0 heterocycles. The molecule has 1 aliphatic carbocycles. The molecule has 0 atom stereocenters. The molecule has 64 valence electrons. The highest BCUT2D eigenvalue weighted by Crippen LogP contribution is 2.32. The molecule has 0 bridgehead atoms. The van der Waals surface area contributed by atoms with Crippen molar-refractivity contribution in [1.82, 2.24) is 0 Å². The fraction of sp³-hybridized carbons (Fsp3) is 0.667. The van der Waals surface area contributed by atoms with Crippen molar-refractivity contribution in [3.63, 3.8) is 0 Å². The maximum Gasteiger partial charge on any atom is 0.156 e. The second-order valence-electron chi connectivity index (χ2n) is 3.97. The van der Waals surface area contributed by atoms with Crippen molar-refractivity contribution in [1.29, 1.82) is 0 Å². The third-order valence-electron chi connectivity index (χ3n) is 1.82. The first-order valence-corrected chi connectivity index (χ1v) is 3.70. The minimum Gasteiger partial charge on any atom is -0.412 e. The highest BCUT2D eigenvalue weighted by atomic mass is 16.1. The molecule has 0 radical (unpaired) electrons. The van der Waals surface area contributed by atoms with Crippen LogP contribution in [0.5, 0.6) is 0 Å². The minimum atomic E-state index is 0. The fourth-order valence-electron chi connectivity index (χ4n) is 1.67. The molecule has 11 heavy (non-hydrogen) atoms. The molecule has 2 nitrogen and oxygen atoms in total. The van der Waals surface area contributed by atoms with Gasteiger partial charge in [-0.25, -0.2) is 0 Å². The van der Waals surface area contributed by atoms with Crippen LogP contribution in [0.2, 0.25) is 0 Å². The van der Waals surface area contributed by atoms with Gasteiger partial charge in [-0.15, -0.1) is 0 Å². The van der Waals surface area contributed by atoms with Crippen LogP contribution in [-0.4, -0.2) is 11.3 Å². The van der Waals surface area contributed by atoms with Gasteiger partial charge in [-0.2, -0.15) is 0 Å². The number of hydrogen-bond acceptors (Lipinski definition) is 1. The van der Waals surface area contributed by atoms with Gasteiger partial charge in [0.05, 0.1) is 0 Å². The summed E-state index contributed by atoms with van der Waals surface area (Å²) in [6.45, 7) is 6.31. The molecule has 0 saturated heterocycles. The summed E-state index contributed by atoms with van der Waals surface area (Å²) in [4.78, 5) is 11.0. The number of rotatable bonds is 0. The van der Waals surface area contributed by atoms with Crippen LogP contribution in [0.1, 0.15) is 33.6 Å². The molecule has 0 spiro atoms. The van der Waals surface area contributed by atoms with Gasteiger partial charge in [0, 0.05) is 6.42 Å². The van der Waals surface area contributed by atoms with E-state index in [1.807, 2.05) is 6.92 Å². The lowest BCUT2D eigenvalue weighted by Gasteiger charge is -2.27. The van der Waals surface area contributed by atoms with Crippen LogP contribution in [-0.2, 0) is 4.79 Å². The van der Waals surface area contributed by atoms with Crippen molar-refractivity contribution in [3.8, 4) is 0 Å². The second kappa shape index (κ2) is 3.18. The molecule has 0 fully saturated rings. The standard InChI is InChI=1S/C9H14O.H2O/c1-7-4-8(10)6-9(2,3)5-7;/h4H,5-6H2,1-3H3;1H2. The lowest BCUT2D eigenvalue weighted by Crippen LogP contribution is -2.20. The maximum absolute atomic E-state index is 11.0. The van der Waals surface area contributed by atoms with Gasteiger partial charge in [-0.05, 0) is 24.8 Å². The monoisotopic (exact) mass is 156 g/mol. The Kier molecular flexibility index (Phi) is 3.00. The summed E-state index contributed by atoms with van der Waals surface area (Å²) >= 11 is 0. The van der Waals surface area contributed by atoms with E-state index >= 15 is 0 Å². The molecule has 0 aliphatic heterocycles. The van der Waals surface area contributed by atoms with E-state index in [0.717, 1.165) is 6.42 Å². The minimum absolute atomic E-state index is 0. The van der Waals surface area contributed by atoms with Gasteiger partial charge in [0.2, 0.25) is 0 Å². The number of hydrogen-bond donors (Lipinski definition) is 0. The SMILES string of the molecule is CC1=CC(=O)CC(C)(C)C1.O. The van der Waals surface area contributed by atoms with Crippen LogP contribution in [0.15, 0.2) is 11.6 Å². The molecule has 2 heteroatoms. The zero-order chi connectivity index (χ0) is 7.78. The largest absolute Gasteiger partial charge is 0.412 e. The maximum atomic E-state index is 11.0. The molecule has 0 aromatic rings. The van der Waals surface area contributed by atoms with E-state index in [0.29, 0.717) is 6.42 Å². The van der Waals surface area contributed by atoms with Crippen LogP contribution in [0.3, 0.4) is 0 Å². The Morgan fingerprint density at radius 1 is 1.36 bits per heavy atom. The molecular formula is C9H16O2. The van der Waals surface area contributed by atoms with Gasteiger partial charge < -0.3 is 5.48 Å². The summed E-state index contributed by atoms with van der Waals surface area (Å²) in [5, 5.41) is 0. The van der Waals surface area contributed by atoms with Crippen molar-refractivity contribution < 1.29 is 10.3 Å². The zero-order valence-corrected chi connectivity index (χ0v) is 7.40. The van der Waals surface area contributed by atoms with Crippen LogP contribution < -0.4 is 0 Å². The van der Waals surface area contributed by atoms with Gasteiger partial charge >= 0.3 is 0 Å². The Labute approximate surface area is 67.6 Å². The van der Waals surface area contributed by atoms with E-state index in [1.54, 1.807) is 6.08 Å². The van der Waals surface area contributed by atoms with Gasteiger partial charge in [-0.3, -0.25) is 4.79 Å². The number of ketones is 1. The van der Waals surface area contributed by atoms with Crippen molar-refractivity contribution in [3.05, 3.63) is 11.6 Å². The van der Waals surface area contributed by atoms with E-state index < -0.39 is 0 Å². The molecule has 0 unspecified atom stereocenters. The van der Waals surface area contributed by atoms with E-state index in [4.69, 9.17) is 0 Å². The first-order valence-electron chi connectivity index (χ1n) is 3.70. The van der Waals surface area contributed by atoms with Gasteiger partial charge in [0.15, 0.2) is 5.78 Å². The normalized spacial score (nSPS) is 22.1. The second-order valence-corrected chi connectivity index (χ2v) is 3.97. The summed E-state index contributed by atoms with van der Waals surface area (Å²) < 4.78 is 0. The van der Waals surface area contributed by atoms with Gasteiger partial charge in [0.1, 0.15) is 0 Å². The van der Waals surface area contributed by atoms with Crippen molar-refractivity contribution >= 4 is 5.78 Å². The highest BCUT2D eigenvalue weighted by Gasteiger charge is 2.25. The molecule has 0 aromatic carbocycles. The van der Waals surface area contributed by atoms with E-state index in [9.17, 15) is 4.79 Å². The predicted octanol–water partition coefficient (Wildman–Crippen LogP) is 1.50.